The monoisotopic (exact) mass is 407 g/mol. The molecular formula is C19H19Cl2N3O3. The molecule has 1 fully saturated rings. The SMILES string of the molecule is Cc1cc(C(=O)N2CCN(Cc3ccc(Cl)cc3Cl)CC2)ccc1[N+](=O)[O-]. The second-order valence-corrected chi connectivity index (χ2v) is 7.41. The van der Waals surface area contributed by atoms with Crippen molar-refractivity contribution in [2.45, 2.75) is 13.5 Å². The molecule has 0 N–H and O–H groups in total. The highest BCUT2D eigenvalue weighted by Crippen LogP contribution is 2.23. The fraction of sp³-hybridized carbons (Fsp3) is 0.316. The van der Waals surface area contributed by atoms with Crippen molar-refractivity contribution in [2.75, 3.05) is 26.2 Å². The normalized spacial score (nSPS) is 15.0. The summed E-state index contributed by atoms with van der Waals surface area (Å²) >= 11 is 12.2. The molecule has 2 aromatic carbocycles. The molecule has 6 nitrogen and oxygen atoms in total. The highest BCUT2D eigenvalue weighted by Gasteiger charge is 2.23. The molecule has 0 spiro atoms. The number of hydrogen-bond acceptors (Lipinski definition) is 4. The third-order valence-corrected chi connectivity index (χ3v) is 5.30. The van der Waals surface area contributed by atoms with Gasteiger partial charge in [-0.1, -0.05) is 29.3 Å². The van der Waals surface area contributed by atoms with Gasteiger partial charge in [-0.05, 0) is 36.8 Å². The number of carbonyl (C=O) groups is 1. The first-order valence-corrected chi connectivity index (χ1v) is 9.31. The number of nitrogens with zero attached hydrogens (tertiary/aromatic N) is 3. The van der Waals surface area contributed by atoms with E-state index in [-0.39, 0.29) is 11.6 Å². The topological polar surface area (TPSA) is 66.7 Å². The molecule has 0 bridgehead atoms. The molecule has 1 saturated heterocycles. The third-order valence-electron chi connectivity index (χ3n) is 4.71. The Kier molecular flexibility index (Phi) is 5.99. The van der Waals surface area contributed by atoms with Gasteiger partial charge >= 0.3 is 0 Å². The van der Waals surface area contributed by atoms with Gasteiger partial charge in [0.2, 0.25) is 0 Å². The maximum absolute atomic E-state index is 12.7. The predicted octanol–water partition coefficient (Wildman–Crippen LogP) is 4.17. The lowest BCUT2D eigenvalue weighted by molar-refractivity contribution is -0.385. The van der Waals surface area contributed by atoms with Crippen LogP contribution in [0.1, 0.15) is 21.5 Å². The first kappa shape index (κ1) is 19.6. The van der Waals surface area contributed by atoms with Crippen molar-refractivity contribution in [2.24, 2.45) is 0 Å². The van der Waals surface area contributed by atoms with E-state index < -0.39 is 4.92 Å². The first-order valence-electron chi connectivity index (χ1n) is 8.56. The Morgan fingerprint density at radius 3 is 2.41 bits per heavy atom. The summed E-state index contributed by atoms with van der Waals surface area (Å²) < 4.78 is 0. The van der Waals surface area contributed by atoms with Crippen molar-refractivity contribution in [1.29, 1.82) is 0 Å². The highest BCUT2D eigenvalue weighted by atomic mass is 35.5. The number of piperazine rings is 1. The fourth-order valence-electron chi connectivity index (χ4n) is 3.18. The van der Waals surface area contributed by atoms with Crippen LogP contribution in [0.2, 0.25) is 10.0 Å². The lowest BCUT2D eigenvalue weighted by Crippen LogP contribution is -2.48. The molecule has 2 aromatic rings. The number of nitro groups is 1. The molecule has 0 unspecified atom stereocenters. The molecule has 1 amide bonds. The van der Waals surface area contributed by atoms with Crippen LogP contribution >= 0.6 is 23.2 Å². The molecule has 0 saturated carbocycles. The molecule has 1 aliphatic heterocycles. The van der Waals surface area contributed by atoms with Crippen LogP contribution in [0, 0.1) is 17.0 Å². The summed E-state index contributed by atoms with van der Waals surface area (Å²) in [6.45, 7) is 5.00. The van der Waals surface area contributed by atoms with Gasteiger partial charge in [-0.2, -0.15) is 0 Å². The quantitative estimate of drug-likeness (QED) is 0.563. The second kappa shape index (κ2) is 8.25. The molecule has 0 atom stereocenters. The molecular weight excluding hydrogens is 389 g/mol. The van der Waals surface area contributed by atoms with Crippen LogP contribution in [0.25, 0.3) is 0 Å². The van der Waals surface area contributed by atoms with Gasteiger partial charge in [0.1, 0.15) is 0 Å². The van der Waals surface area contributed by atoms with E-state index in [0.29, 0.717) is 40.8 Å². The maximum atomic E-state index is 12.7. The van der Waals surface area contributed by atoms with Gasteiger partial charge in [-0.25, -0.2) is 0 Å². The number of rotatable bonds is 4. The fourth-order valence-corrected chi connectivity index (χ4v) is 3.64. The number of amides is 1. The average Bonchev–Trinajstić information content (AvgIpc) is 2.63. The minimum Gasteiger partial charge on any atom is -0.336 e. The molecule has 142 valence electrons. The summed E-state index contributed by atoms with van der Waals surface area (Å²) in [7, 11) is 0. The summed E-state index contributed by atoms with van der Waals surface area (Å²) in [5, 5.41) is 12.2. The average molecular weight is 408 g/mol. The van der Waals surface area contributed by atoms with Crippen LogP contribution in [0.4, 0.5) is 5.69 Å². The number of benzene rings is 2. The van der Waals surface area contributed by atoms with Crippen LogP contribution < -0.4 is 0 Å². The Bertz CT molecular complexity index is 880. The Morgan fingerprint density at radius 2 is 1.81 bits per heavy atom. The Labute approximate surface area is 167 Å². The van der Waals surface area contributed by atoms with Crippen molar-refractivity contribution < 1.29 is 9.72 Å². The van der Waals surface area contributed by atoms with Crippen molar-refractivity contribution >= 4 is 34.8 Å². The van der Waals surface area contributed by atoms with Gasteiger partial charge in [-0.15, -0.1) is 0 Å². The lowest BCUT2D eigenvalue weighted by atomic mass is 10.1. The zero-order chi connectivity index (χ0) is 19.6. The predicted molar refractivity (Wildman–Crippen MR) is 105 cm³/mol. The molecule has 1 heterocycles. The minimum atomic E-state index is -0.440. The lowest BCUT2D eigenvalue weighted by Gasteiger charge is -2.35. The van der Waals surface area contributed by atoms with Crippen LogP contribution in [0.3, 0.4) is 0 Å². The van der Waals surface area contributed by atoms with E-state index in [1.165, 1.54) is 12.1 Å². The summed E-state index contributed by atoms with van der Waals surface area (Å²) in [6.07, 6.45) is 0. The van der Waals surface area contributed by atoms with E-state index in [4.69, 9.17) is 23.2 Å². The van der Waals surface area contributed by atoms with Gasteiger partial charge < -0.3 is 4.90 Å². The standard InChI is InChI=1S/C19H19Cl2N3O3/c1-13-10-14(3-5-18(13)24(26)27)19(25)23-8-6-22(7-9-23)12-15-2-4-16(20)11-17(15)21/h2-5,10-11H,6-9,12H2,1H3. The third kappa shape index (κ3) is 4.58. The minimum absolute atomic E-state index is 0.0243. The summed E-state index contributed by atoms with van der Waals surface area (Å²) in [4.78, 5) is 27.2. The van der Waals surface area contributed by atoms with Gasteiger partial charge in [-0.3, -0.25) is 19.8 Å². The highest BCUT2D eigenvalue weighted by molar-refractivity contribution is 6.35. The van der Waals surface area contributed by atoms with E-state index in [2.05, 4.69) is 4.90 Å². The van der Waals surface area contributed by atoms with E-state index in [9.17, 15) is 14.9 Å². The van der Waals surface area contributed by atoms with E-state index in [0.717, 1.165) is 18.7 Å². The van der Waals surface area contributed by atoms with Crippen LogP contribution in [-0.4, -0.2) is 46.8 Å². The molecule has 0 radical (unpaired) electrons. The van der Waals surface area contributed by atoms with Gasteiger partial charge in [0.25, 0.3) is 11.6 Å². The summed E-state index contributed by atoms with van der Waals surface area (Å²) in [5.41, 5.74) is 2.00. The van der Waals surface area contributed by atoms with Crippen LogP contribution in [0.15, 0.2) is 36.4 Å². The molecule has 8 heteroatoms. The number of halogens is 2. The van der Waals surface area contributed by atoms with Crippen molar-refractivity contribution in [3.05, 3.63) is 73.2 Å². The summed E-state index contributed by atoms with van der Waals surface area (Å²) in [5.74, 6) is -0.0998. The molecule has 1 aliphatic rings. The molecule has 27 heavy (non-hydrogen) atoms. The zero-order valence-electron chi connectivity index (χ0n) is 14.8. The second-order valence-electron chi connectivity index (χ2n) is 6.56. The van der Waals surface area contributed by atoms with Gasteiger partial charge in [0.15, 0.2) is 0 Å². The molecule has 0 aromatic heterocycles. The molecule has 3 rings (SSSR count). The first-order chi connectivity index (χ1) is 12.8. The van der Waals surface area contributed by atoms with Crippen molar-refractivity contribution in [3.8, 4) is 0 Å². The number of aryl methyl sites for hydroxylation is 1. The van der Waals surface area contributed by atoms with Crippen molar-refractivity contribution in [3.63, 3.8) is 0 Å². The Hall–Kier alpha value is -2.15. The number of carbonyl (C=O) groups excluding carboxylic acids is 1. The van der Waals surface area contributed by atoms with E-state index in [1.807, 2.05) is 12.1 Å². The molecule has 0 aliphatic carbocycles. The number of nitro benzene ring substituents is 1. The van der Waals surface area contributed by atoms with Gasteiger partial charge in [0, 0.05) is 60.0 Å². The summed E-state index contributed by atoms with van der Waals surface area (Å²) in [6, 6.07) is 9.96. The van der Waals surface area contributed by atoms with Gasteiger partial charge in [0.05, 0.1) is 4.92 Å². The number of hydrogen-bond donors (Lipinski definition) is 0. The Balaban J connectivity index is 1.61. The smallest absolute Gasteiger partial charge is 0.272 e. The largest absolute Gasteiger partial charge is 0.336 e. The zero-order valence-corrected chi connectivity index (χ0v) is 16.3. The maximum Gasteiger partial charge on any atom is 0.272 e. The van der Waals surface area contributed by atoms with E-state index in [1.54, 1.807) is 24.0 Å². The van der Waals surface area contributed by atoms with Crippen LogP contribution in [-0.2, 0) is 6.54 Å². The Morgan fingerprint density at radius 1 is 1.11 bits per heavy atom. The van der Waals surface area contributed by atoms with Crippen molar-refractivity contribution in [1.82, 2.24) is 9.80 Å². The van der Waals surface area contributed by atoms with E-state index >= 15 is 0 Å². The van der Waals surface area contributed by atoms with Crippen LogP contribution in [0.5, 0.6) is 0 Å².